The van der Waals surface area contributed by atoms with Crippen molar-refractivity contribution in [3.05, 3.63) is 33.4 Å². The van der Waals surface area contributed by atoms with Gasteiger partial charge in [-0.25, -0.2) is 8.93 Å². The molecule has 0 unspecified atom stereocenters. The van der Waals surface area contributed by atoms with Gasteiger partial charge in [-0.05, 0) is 68.0 Å². The number of halogens is 1. The fourth-order valence-corrected chi connectivity index (χ4v) is 2.56. The van der Waals surface area contributed by atoms with Crippen LogP contribution in [0.2, 0.25) is 0 Å². The summed E-state index contributed by atoms with van der Waals surface area (Å²) in [7, 11) is -1.03. The molecular formula is C12H18INOS. The molecule has 1 aromatic rings. The van der Waals surface area contributed by atoms with Gasteiger partial charge >= 0.3 is 0 Å². The molecule has 2 atom stereocenters. The van der Waals surface area contributed by atoms with E-state index in [0.717, 1.165) is 0 Å². The van der Waals surface area contributed by atoms with Crippen molar-refractivity contribution in [2.75, 3.05) is 0 Å². The van der Waals surface area contributed by atoms with Crippen LogP contribution in [0, 0.1) is 3.57 Å². The molecule has 0 bridgehead atoms. The Morgan fingerprint density at radius 1 is 1.38 bits per heavy atom. The standard InChI is InChI=1S/C12H18INOS/c1-9(14-16(15)12(2,3)4)10-6-5-7-11(13)8-10/h5-9,14H,1-4H3/t9-,16+/m1/s1. The van der Waals surface area contributed by atoms with Gasteiger partial charge in [0.05, 0.1) is 15.7 Å². The minimum absolute atomic E-state index is 0.106. The molecule has 0 amide bonds. The monoisotopic (exact) mass is 351 g/mol. The Kier molecular flexibility index (Phi) is 4.94. The predicted molar refractivity (Wildman–Crippen MR) is 78.6 cm³/mol. The third-order valence-corrected chi connectivity index (χ3v) is 4.54. The van der Waals surface area contributed by atoms with E-state index in [1.807, 2.05) is 33.8 Å². The van der Waals surface area contributed by atoms with Gasteiger partial charge < -0.3 is 0 Å². The molecule has 1 N–H and O–H groups in total. The molecule has 1 rings (SSSR count). The minimum atomic E-state index is -1.03. The van der Waals surface area contributed by atoms with E-state index in [-0.39, 0.29) is 10.8 Å². The molecule has 0 heterocycles. The molecule has 4 heteroatoms. The Labute approximate surface area is 114 Å². The van der Waals surface area contributed by atoms with Crippen LogP contribution in [0.25, 0.3) is 0 Å². The number of benzene rings is 1. The average Bonchev–Trinajstić information content (AvgIpc) is 2.16. The second-order valence-electron chi connectivity index (χ2n) is 4.78. The Balaban J connectivity index is 2.73. The predicted octanol–water partition coefficient (Wildman–Crippen LogP) is 3.40. The Hall–Kier alpha value is 0.0600. The molecule has 0 aliphatic carbocycles. The highest BCUT2D eigenvalue weighted by Gasteiger charge is 2.21. The van der Waals surface area contributed by atoms with E-state index in [1.165, 1.54) is 9.13 Å². The van der Waals surface area contributed by atoms with Gasteiger partial charge in [0.2, 0.25) is 0 Å². The largest absolute Gasteiger partial charge is 0.242 e. The minimum Gasteiger partial charge on any atom is -0.242 e. The highest BCUT2D eigenvalue weighted by Crippen LogP contribution is 2.18. The Bertz CT molecular complexity index is 387. The third-order valence-electron chi connectivity index (χ3n) is 2.19. The molecular weight excluding hydrogens is 333 g/mol. The van der Waals surface area contributed by atoms with Gasteiger partial charge in [0.15, 0.2) is 0 Å². The Morgan fingerprint density at radius 3 is 2.50 bits per heavy atom. The SMILES string of the molecule is C[C@@H](N[S@@](=O)C(C)(C)C)c1cccc(I)c1. The lowest BCUT2D eigenvalue weighted by Gasteiger charge is -2.22. The van der Waals surface area contributed by atoms with Crippen LogP contribution >= 0.6 is 22.6 Å². The summed E-state index contributed by atoms with van der Waals surface area (Å²) in [5.74, 6) is 0. The van der Waals surface area contributed by atoms with Crippen molar-refractivity contribution in [3.63, 3.8) is 0 Å². The van der Waals surface area contributed by atoms with E-state index in [1.54, 1.807) is 0 Å². The summed E-state index contributed by atoms with van der Waals surface area (Å²) >= 11 is 2.28. The van der Waals surface area contributed by atoms with E-state index in [4.69, 9.17) is 0 Å². The van der Waals surface area contributed by atoms with Crippen LogP contribution in [-0.2, 0) is 11.0 Å². The van der Waals surface area contributed by atoms with Gasteiger partial charge in [-0.1, -0.05) is 12.1 Å². The van der Waals surface area contributed by atoms with E-state index in [0.29, 0.717) is 0 Å². The molecule has 90 valence electrons. The number of hydrogen-bond acceptors (Lipinski definition) is 1. The topological polar surface area (TPSA) is 29.1 Å². The number of nitrogens with one attached hydrogen (secondary N) is 1. The van der Waals surface area contributed by atoms with Crippen molar-refractivity contribution in [1.82, 2.24) is 4.72 Å². The second-order valence-corrected chi connectivity index (χ2v) is 8.02. The number of hydrogen-bond donors (Lipinski definition) is 1. The summed E-state index contributed by atoms with van der Waals surface area (Å²) in [6.45, 7) is 7.95. The molecule has 0 aromatic heterocycles. The fraction of sp³-hybridized carbons (Fsp3) is 0.500. The van der Waals surface area contributed by atoms with Crippen molar-refractivity contribution < 1.29 is 4.21 Å². The molecule has 0 aliphatic heterocycles. The zero-order valence-corrected chi connectivity index (χ0v) is 13.1. The van der Waals surface area contributed by atoms with E-state index >= 15 is 0 Å². The molecule has 1 aromatic carbocycles. The maximum atomic E-state index is 11.9. The first-order chi connectivity index (χ1) is 7.30. The molecule has 0 radical (unpaired) electrons. The van der Waals surface area contributed by atoms with E-state index in [2.05, 4.69) is 45.5 Å². The van der Waals surface area contributed by atoms with Crippen LogP contribution in [0.3, 0.4) is 0 Å². The lowest BCUT2D eigenvalue weighted by Crippen LogP contribution is -2.34. The molecule has 0 aliphatic rings. The van der Waals surface area contributed by atoms with Crippen LogP contribution in [0.15, 0.2) is 24.3 Å². The van der Waals surface area contributed by atoms with Crippen LogP contribution < -0.4 is 4.72 Å². The zero-order valence-electron chi connectivity index (χ0n) is 10.1. The number of rotatable bonds is 3. The van der Waals surface area contributed by atoms with Crippen molar-refractivity contribution in [3.8, 4) is 0 Å². The first-order valence-corrected chi connectivity index (χ1v) is 7.47. The smallest absolute Gasteiger partial charge is 0.0975 e. The van der Waals surface area contributed by atoms with Gasteiger partial charge in [-0.2, -0.15) is 0 Å². The summed E-state index contributed by atoms with van der Waals surface area (Å²) in [6.07, 6.45) is 0. The zero-order chi connectivity index (χ0) is 12.3. The normalized spacial score (nSPS) is 15.8. The molecule has 16 heavy (non-hydrogen) atoms. The summed E-state index contributed by atoms with van der Waals surface area (Å²) < 4.78 is 16.0. The van der Waals surface area contributed by atoms with Crippen LogP contribution in [0.1, 0.15) is 39.3 Å². The highest BCUT2D eigenvalue weighted by molar-refractivity contribution is 14.1. The maximum absolute atomic E-state index is 11.9. The lowest BCUT2D eigenvalue weighted by molar-refractivity contribution is 0.616. The summed E-state index contributed by atoms with van der Waals surface area (Å²) in [5, 5.41) is 0. The van der Waals surface area contributed by atoms with Crippen molar-refractivity contribution in [1.29, 1.82) is 0 Å². The summed E-state index contributed by atoms with van der Waals surface area (Å²) in [5.41, 5.74) is 1.17. The van der Waals surface area contributed by atoms with Gasteiger partial charge in [-0.3, -0.25) is 0 Å². The maximum Gasteiger partial charge on any atom is 0.0975 e. The molecule has 2 nitrogen and oxygen atoms in total. The molecule has 0 saturated carbocycles. The molecule has 0 saturated heterocycles. The third kappa shape index (κ3) is 4.14. The van der Waals surface area contributed by atoms with Crippen molar-refractivity contribution >= 4 is 33.6 Å². The van der Waals surface area contributed by atoms with Crippen LogP contribution in [-0.4, -0.2) is 8.96 Å². The fourth-order valence-electron chi connectivity index (χ4n) is 1.18. The summed E-state index contributed by atoms with van der Waals surface area (Å²) in [4.78, 5) is 0. The first kappa shape index (κ1) is 14.1. The van der Waals surface area contributed by atoms with Gasteiger partial charge in [-0.15, -0.1) is 0 Å². The average molecular weight is 351 g/mol. The van der Waals surface area contributed by atoms with Gasteiger partial charge in [0, 0.05) is 9.61 Å². The molecule has 0 fully saturated rings. The van der Waals surface area contributed by atoms with Gasteiger partial charge in [0.1, 0.15) is 0 Å². The van der Waals surface area contributed by atoms with Crippen molar-refractivity contribution in [2.45, 2.75) is 38.5 Å². The van der Waals surface area contributed by atoms with E-state index in [9.17, 15) is 4.21 Å². The quantitative estimate of drug-likeness (QED) is 0.831. The highest BCUT2D eigenvalue weighted by atomic mass is 127. The Morgan fingerprint density at radius 2 is 2.00 bits per heavy atom. The van der Waals surface area contributed by atoms with Crippen molar-refractivity contribution in [2.24, 2.45) is 0 Å². The summed E-state index contributed by atoms with van der Waals surface area (Å²) in [6, 6.07) is 8.35. The second kappa shape index (κ2) is 5.60. The van der Waals surface area contributed by atoms with Gasteiger partial charge in [0.25, 0.3) is 0 Å². The molecule has 0 spiro atoms. The first-order valence-electron chi connectivity index (χ1n) is 5.24. The lowest BCUT2D eigenvalue weighted by atomic mass is 10.1. The van der Waals surface area contributed by atoms with Crippen LogP contribution in [0.4, 0.5) is 0 Å². The van der Waals surface area contributed by atoms with Crippen LogP contribution in [0.5, 0.6) is 0 Å². The van der Waals surface area contributed by atoms with E-state index < -0.39 is 11.0 Å².